The van der Waals surface area contributed by atoms with Crippen LogP contribution >= 0.6 is 0 Å². The van der Waals surface area contributed by atoms with Gasteiger partial charge < -0.3 is 24.4 Å². The van der Waals surface area contributed by atoms with Crippen molar-refractivity contribution in [1.29, 1.82) is 0 Å². The van der Waals surface area contributed by atoms with Gasteiger partial charge in [0.15, 0.2) is 0 Å². The quantitative estimate of drug-likeness (QED) is 0.639. The van der Waals surface area contributed by atoms with Crippen LogP contribution < -0.4 is 10.6 Å². The fourth-order valence-electron chi connectivity index (χ4n) is 3.54. The number of furan rings is 1. The number of fused-ring (bicyclic) bond motifs is 1. The third-order valence-electron chi connectivity index (χ3n) is 4.99. The molecule has 1 aromatic carbocycles. The number of aromatic nitrogens is 2. The van der Waals surface area contributed by atoms with Crippen LogP contribution in [0.15, 0.2) is 47.1 Å². The average Bonchev–Trinajstić information content (AvgIpc) is 3.47. The summed E-state index contributed by atoms with van der Waals surface area (Å²) in [6.07, 6.45) is 2.78. The van der Waals surface area contributed by atoms with E-state index in [0.29, 0.717) is 24.7 Å². The van der Waals surface area contributed by atoms with E-state index in [-0.39, 0.29) is 24.4 Å². The third kappa shape index (κ3) is 4.32. The van der Waals surface area contributed by atoms with E-state index in [1.807, 2.05) is 35.8 Å². The van der Waals surface area contributed by atoms with Crippen LogP contribution in [0.4, 0.5) is 0 Å². The Labute approximate surface area is 168 Å². The van der Waals surface area contributed by atoms with Crippen molar-refractivity contribution in [2.24, 2.45) is 0 Å². The summed E-state index contributed by atoms with van der Waals surface area (Å²) in [6.45, 7) is 2.89. The molecule has 0 spiro atoms. The van der Waals surface area contributed by atoms with Crippen molar-refractivity contribution in [3.63, 3.8) is 0 Å². The van der Waals surface area contributed by atoms with Gasteiger partial charge in [0, 0.05) is 6.61 Å². The number of carbonyl (C=O) groups is 2. The predicted molar refractivity (Wildman–Crippen MR) is 106 cm³/mol. The molecule has 3 heterocycles. The summed E-state index contributed by atoms with van der Waals surface area (Å²) in [5.74, 6) is 1.01. The molecule has 1 fully saturated rings. The number of imidazole rings is 1. The Hall–Kier alpha value is -3.13. The van der Waals surface area contributed by atoms with Gasteiger partial charge >= 0.3 is 0 Å². The van der Waals surface area contributed by atoms with Gasteiger partial charge in [-0.3, -0.25) is 9.59 Å². The molecule has 29 heavy (non-hydrogen) atoms. The maximum Gasteiger partial charge on any atom is 0.249 e. The van der Waals surface area contributed by atoms with E-state index in [9.17, 15) is 9.59 Å². The number of ether oxygens (including phenoxy) is 1. The minimum atomic E-state index is -0.410. The van der Waals surface area contributed by atoms with Gasteiger partial charge in [-0.05, 0) is 44.0 Å². The molecular weight excluding hydrogens is 372 g/mol. The van der Waals surface area contributed by atoms with Crippen LogP contribution in [-0.2, 0) is 27.4 Å². The van der Waals surface area contributed by atoms with Crippen molar-refractivity contribution < 1.29 is 18.7 Å². The second-order valence-electron chi connectivity index (χ2n) is 7.13. The molecule has 0 bridgehead atoms. The summed E-state index contributed by atoms with van der Waals surface area (Å²) in [5.41, 5.74) is 1.62. The van der Waals surface area contributed by atoms with Crippen molar-refractivity contribution in [3.05, 3.63) is 54.2 Å². The molecule has 8 heteroatoms. The van der Waals surface area contributed by atoms with Crippen LogP contribution in [0.25, 0.3) is 11.0 Å². The molecule has 8 nitrogen and oxygen atoms in total. The lowest BCUT2D eigenvalue weighted by atomic mass is 10.2. The Bertz CT molecular complexity index is 989. The number of rotatable bonds is 7. The molecule has 0 aliphatic carbocycles. The lowest BCUT2D eigenvalue weighted by Gasteiger charge is -2.18. The topological polar surface area (TPSA) is 98.4 Å². The number of amides is 2. The Kier molecular flexibility index (Phi) is 5.62. The highest BCUT2D eigenvalue weighted by molar-refractivity contribution is 5.83. The number of hydrogen-bond acceptors (Lipinski definition) is 5. The Morgan fingerprint density at radius 3 is 2.90 bits per heavy atom. The Morgan fingerprint density at radius 2 is 2.14 bits per heavy atom. The molecule has 2 atom stereocenters. The third-order valence-corrected chi connectivity index (χ3v) is 4.99. The van der Waals surface area contributed by atoms with Crippen molar-refractivity contribution >= 4 is 22.8 Å². The second kappa shape index (κ2) is 8.48. The summed E-state index contributed by atoms with van der Waals surface area (Å²) >= 11 is 0. The summed E-state index contributed by atoms with van der Waals surface area (Å²) < 4.78 is 12.6. The molecule has 1 saturated heterocycles. The van der Waals surface area contributed by atoms with Gasteiger partial charge in [-0.1, -0.05) is 12.1 Å². The summed E-state index contributed by atoms with van der Waals surface area (Å²) in [7, 11) is 0. The number of benzene rings is 1. The normalized spacial score (nSPS) is 17.3. The SMILES string of the molecule is CC(NC(=O)C1CCCO1)c1nc2ccccc2n1CC(=O)NCc1ccco1. The van der Waals surface area contributed by atoms with Crippen LogP contribution in [0.2, 0.25) is 0 Å². The maximum absolute atomic E-state index is 12.5. The fourth-order valence-corrected chi connectivity index (χ4v) is 3.54. The zero-order valence-corrected chi connectivity index (χ0v) is 16.3. The maximum atomic E-state index is 12.5. The van der Waals surface area contributed by atoms with Gasteiger partial charge in [-0.15, -0.1) is 0 Å². The van der Waals surface area contributed by atoms with Crippen molar-refractivity contribution in [3.8, 4) is 0 Å². The average molecular weight is 396 g/mol. The van der Waals surface area contributed by atoms with E-state index in [2.05, 4.69) is 15.6 Å². The number of carbonyl (C=O) groups excluding carboxylic acids is 2. The van der Waals surface area contributed by atoms with E-state index in [1.165, 1.54) is 0 Å². The molecular formula is C21H24N4O4. The summed E-state index contributed by atoms with van der Waals surface area (Å²) in [5, 5.41) is 5.82. The first kappa shape index (κ1) is 19.2. The summed E-state index contributed by atoms with van der Waals surface area (Å²) in [6, 6.07) is 10.8. The first-order valence-corrected chi connectivity index (χ1v) is 9.78. The lowest BCUT2D eigenvalue weighted by Crippen LogP contribution is -2.37. The zero-order chi connectivity index (χ0) is 20.2. The molecule has 0 saturated carbocycles. The van der Waals surface area contributed by atoms with E-state index in [1.54, 1.807) is 18.4 Å². The molecule has 1 aliphatic rings. The Morgan fingerprint density at radius 1 is 1.28 bits per heavy atom. The number of nitrogens with one attached hydrogen (secondary N) is 2. The van der Waals surface area contributed by atoms with Crippen molar-refractivity contribution in [2.75, 3.05) is 6.61 Å². The molecule has 4 rings (SSSR count). The highest BCUT2D eigenvalue weighted by atomic mass is 16.5. The highest BCUT2D eigenvalue weighted by Gasteiger charge is 2.27. The molecule has 0 radical (unpaired) electrons. The van der Waals surface area contributed by atoms with Gasteiger partial charge in [0.1, 0.15) is 24.2 Å². The van der Waals surface area contributed by atoms with Crippen molar-refractivity contribution in [1.82, 2.24) is 20.2 Å². The van der Waals surface area contributed by atoms with Gasteiger partial charge in [0.05, 0.1) is 29.9 Å². The minimum Gasteiger partial charge on any atom is -0.467 e. The summed E-state index contributed by atoms with van der Waals surface area (Å²) in [4.78, 5) is 29.7. The Balaban J connectivity index is 1.51. The standard InChI is InChI=1S/C21H24N4O4/c1-14(23-21(27)18-9-5-11-29-18)20-24-16-7-2-3-8-17(16)25(20)13-19(26)22-12-15-6-4-10-28-15/h2-4,6-8,10,14,18H,5,9,11-13H2,1H3,(H,22,26)(H,23,27). The van der Waals surface area contributed by atoms with Crippen LogP contribution in [0.1, 0.15) is 37.4 Å². The van der Waals surface area contributed by atoms with Crippen LogP contribution in [0.3, 0.4) is 0 Å². The van der Waals surface area contributed by atoms with Crippen LogP contribution in [0, 0.1) is 0 Å². The van der Waals surface area contributed by atoms with E-state index in [4.69, 9.17) is 9.15 Å². The monoisotopic (exact) mass is 396 g/mol. The molecule has 1 aliphatic heterocycles. The van der Waals surface area contributed by atoms with E-state index in [0.717, 1.165) is 23.9 Å². The van der Waals surface area contributed by atoms with Gasteiger partial charge in [-0.25, -0.2) is 4.98 Å². The van der Waals surface area contributed by atoms with Gasteiger partial charge in [-0.2, -0.15) is 0 Å². The number of para-hydroxylation sites is 2. The van der Waals surface area contributed by atoms with Crippen LogP contribution in [-0.4, -0.2) is 34.1 Å². The molecule has 3 aromatic rings. The zero-order valence-electron chi connectivity index (χ0n) is 16.3. The van der Waals surface area contributed by atoms with E-state index < -0.39 is 6.10 Å². The minimum absolute atomic E-state index is 0.0939. The smallest absolute Gasteiger partial charge is 0.249 e. The first-order valence-electron chi connectivity index (χ1n) is 9.78. The predicted octanol–water partition coefficient (Wildman–Crippen LogP) is 2.30. The molecule has 2 aromatic heterocycles. The molecule has 2 N–H and O–H groups in total. The molecule has 2 amide bonds. The first-order chi connectivity index (χ1) is 14.1. The largest absolute Gasteiger partial charge is 0.467 e. The molecule has 2 unspecified atom stereocenters. The number of nitrogens with zero attached hydrogens (tertiary/aromatic N) is 2. The fraction of sp³-hybridized carbons (Fsp3) is 0.381. The van der Waals surface area contributed by atoms with Gasteiger partial charge in [0.25, 0.3) is 0 Å². The van der Waals surface area contributed by atoms with Crippen LogP contribution in [0.5, 0.6) is 0 Å². The second-order valence-corrected chi connectivity index (χ2v) is 7.13. The highest BCUT2D eigenvalue weighted by Crippen LogP contribution is 2.22. The van der Waals surface area contributed by atoms with Gasteiger partial charge in [0.2, 0.25) is 11.8 Å². The van der Waals surface area contributed by atoms with E-state index >= 15 is 0 Å². The molecule has 152 valence electrons. The van der Waals surface area contributed by atoms with Crippen molar-refractivity contribution in [2.45, 2.75) is 45.0 Å². The lowest BCUT2D eigenvalue weighted by molar-refractivity contribution is -0.130. The number of hydrogen-bond donors (Lipinski definition) is 2.